The van der Waals surface area contributed by atoms with E-state index in [9.17, 15) is 4.79 Å². The fourth-order valence-electron chi connectivity index (χ4n) is 1.76. The van der Waals surface area contributed by atoms with Gasteiger partial charge in [0.25, 0.3) is 0 Å². The van der Waals surface area contributed by atoms with Crippen LogP contribution in [0.15, 0.2) is 0 Å². The highest BCUT2D eigenvalue weighted by Gasteiger charge is 2.49. The number of hydrogen-bond donors (Lipinski definition) is 1. The topological polar surface area (TPSA) is 41.6 Å². The molecule has 2 heterocycles. The van der Waals surface area contributed by atoms with E-state index in [0.29, 0.717) is 12.6 Å². The van der Waals surface area contributed by atoms with Gasteiger partial charge in [0.2, 0.25) is 0 Å². The van der Waals surface area contributed by atoms with E-state index in [0.717, 1.165) is 13.1 Å². The molecule has 0 aromatic rings. The van der Waals surface area contributed by atoms with Gasteiger partial charge in [0.15, 0.2) is 0 Å². The molecule has 2 aliphatic heterocycles. The van der Waals surface area contributed by atoms with Crippen molar-refractivity contribution in [1.82, 2.24) is 10.2 Å². The van der Waals surface area contributed by atoms with Crippen LogP contribution in [0.25, 0.3) is 0 Å². The molecule has 0 radical (unpaired) electrons. The molecule has 0 bridgehead atoms. The van der Waals surface area contributed by atoms with Gasteiger partial charge < -0.3 is 10.1 Å². The van der Waals surface area contributed by atoms with Crippen molar-refractivity contribution in [2.75, 3.05) is 19.7 Å². The van der Waals surface area contributed by atoms with Crippen molar-refractivity contribution in [3.8, 4) is 0 Å². The average Bonchev–Trinajstić information content (AvgIpc) is 2.27. The number of carbonyl (C=O) groups excluding carboxylic acids is 1. The molecule has 1 N–H and O–H groups in total. The number of nitrogens with zero attached hydrogens (tertiary/aromatic N) is 1. The predicted molar refractivity (Wildman–Crippen MR) is 43.9 cm³/mol. The number of carbonyl (C=O) groups is 1. The van der Waals surface area contributed by atoms with Gasteiger partial charge in [0.1, 0.15) is 12.1 Å². The SMILES string of the molecule is CC(C)N1CC2(COC(=O)N2)C1. The third kappa shape index (κ3) is 1.06. The third-order valence-corrected chi connectivity index (χ3v) is 2.59. The Morgan fingerprint density at radius 3 is 2.67 bits per heavy atom. The van der Waals surface area contributed by atoms with E-state index in [1.54, 1.807) is 0 Å². The first-order valence-corrected chi connectivity index (χ1v) is 4.30. The summed E-state index contributed by atoms with van der Waals surface area (Å²) >= 11 is 0. The summed E-state index contributed by atoms with van der Waals surface area (Å²) in [5.74, 6) is 0. The lowest BCUT2D eigenvalue weighted by molar-refractivity contribution is 0.0219. The standard InChI is InChI=1S/C8H14N2O2/c1-6(2)10-3-8(4-10)5-12-7(11)9-8/h6H,3-5H2,1-2H3,(H,9,11). The van der Waals surface area contributed by atoms with Crippen LogP contribution < -0.4 is 5.32 Å². The van der Waals surface area contributed by atoms with Crippen LogP contribution in [0.3, 0.4) is 0 Å². The predicted octanol–water partition coefficient (Wildman–Crippen LogP) is 0.189. The first-order chi connectivity index (χ1) is 5.61. The number of likely N-dealkylation sites (tertiary alicyclic amines) is 1. The molecule has 0 unspecified atom stereocenters. The van der Waals surface area contributed by atoms with Gasteiger partial charge in [-0.05, 0) is 13.8 Å². The summed E-state index contributed by atoms with van der Waals surface area (Å²) in [5, 5.41) is 2.85. The maximum Gasteiger partial charge on any atom is 0.407 e. The number of amides is 1. The van der Waals surface area contributed by atoms with Crippen LogP contribution in [-0.2, 0) is 4.74 Å². The zero-order valence-corrected chi connectivity index (χ0v) is 7.46. The molecule has 1 spiro atoms. The van der Waals surface area contributed by atoms with Crippen LogP contribution in [0.5, 0.6) is 0 Å². The number of ether oxygens (including phenoxy) is 1. The Hall–Kier alpha value is -0.770. The van der Waals surface area contributed by atoms with Crippen LogP contribution >= 0.6 is 0 Å². The molecule has 4 nitrogen and oxygen atoms in total. The first kappa shape index (κ1) is 7.86. The lowest BCUT2D eigenvalue weighted by Crippen LogP contribution is -2.70. The molecule has 68 valence electrons. The van der Waals surface area contributed by atoms with Crippen LogP contribution in [0.1, 0.15) is 13.8 Å². The smallest absolute Gasteiger partial charge is 0.407 e. The normalized spacial score (nSPS) is 27.1. The Balaban J connectivity index is 1.91. The number of alkyl carbamates (subject to hydrolysis) is 1. The molecule has 2 rings (SSSR count). The summed E-state index contributed by atoms with van der Waals surface area (Å²) in [7, 11) is 0. The maximum atomic E-state index is 10.8. The Labute approximate surface area is 71.9 Å². The summed E-state index contributed by atoms with van der Waals surface area (Å²) in [4.78, 5) is 13.1. The minimum Gasteiger partial charge on any atom is -0.447 e. The van der Waals surface area contributed by atoms with Crippen molar-refractivity contribution in [3.63, 3.8) is 0 Å². The molecule has 0 atom stereocenters. The van der Waals surface area contributed by atoms with Crippen molar-refractivity contribution in [3.05, 3.63) is 0 Å². The van der Waals surface area contributed by atoms with Gasteiger partial charge >= 0.3 is 6.09 Å². The second kappa shape index (κ2) is 2.36. The Morgan fingerprint density at radius 1 is 1.58 bits per heavy atom. The van der Waals surface area contributed by atoms with Gasteiger partial charge in [-0.1, -0.05) is 0 Å². The molecule has 2 aliphatic rings. The molecule has 12 heavy (non-hydrogen) atoms. The van der Waals surface area contributed by atoms with Crippen LogP contribution in [-0.4, -0.2) is 42.3 Å². The van der Waals surface area contributed by atoms with Gasteiger partial charge in [-0.15, -0.1) is 0 Å². The fraction of sp³-hybridized carbons (Fsp3) is 0.875. The van der Waals surface area contributed by atoms with E-state index in [1.165, 1.54) is 0 Å². The van der Waals surface area contributed by atoms with Crippen molar-refractivity contribution in [2.24, 2.45) is 0 Å². The van der Waals surface area contributed by atoms with Gasteiger partial charge in [0, 0.05) is 19.1 Å². The van der Waals surface area contributed by atoms with Gasteiger partial charge in [-0.25, -0.2) is 4.79 Å². The zero-order valence-electron chi connectivity index (χ0n) is 7.46. The largest absolute Gasteiger partial charge is 0.447 e. The molecule has 1 amide bonds. The van der Waals surface area contributed by atoms with E-state index in [1.807, 2.05) is 0 Å². The molecule has 0 aliphatic carbocycles. The molecule has 2 fully saturated rings. The summed E-state index contributed by atoms with van der Waals surface area (Å²) in [6.07, 6.45) is -0.265. The van der Waals surface area contributed by atoms with Crippen molar-refractivity contribution < 1.29 is 9.53 Å². The molecule has 2 saturated heterocycles. The highest BCUT2D eigenvalue weighted by Crippen LogP contribution is 2.26. The minimum atomic E-state index is -0.265. The fourth-order valence-corrected chi connectivity index (χ4v) is 1.76. The lowest BCUT2D eigenvalue weighted by Gasteiger charge is -2.48. The molecule has 0 saturated carbocycles. The van der Waals surface area contributed by atoms with Crippen LogP contribution in [0.4, 0.5) is 4.79 Å². The summed E-state index contributed by atoms with van der Waals surface area (Å²) < 4.78 is 4.86. The number of hydrogen-bond acceptors (Lipinski definition) is 3. The molecular formula is C8H14N2O2. The lowest BCUT2D eigenvalue weighted by atomic mass is 9.90. The van der Waals surface area contributed by atoms with E-state index in [-0.39, 0.29) is 11.6 Å². The number of rotatable bonds is 1. The summed E-state index contributed by atoms with van der Waals surface area (Å²) in [6, 6.07) is 0.563. The number of nitrogens with one attached hydrogen (secondary N) is 1. The van der Waals surface area contributed by atoms with Crippen LogP contribution in [0.2, 0.25) is 0 Å². The average molecular weight is 170 g/mol. The van der Waals surface area contributed by atoms with Crippen molar-refractivity contribution >= 4 is 6.09 Å². The zero-order chi connectivity index (χ0) is 8.77. The van der Waals surface area contributed by atoms with Gasteiger partial charge in [-0.3, -0.25) is 4.90 Å². The Morgan fingerprint density at radius 2 is 2.25 bits per heavy atom. The first-order valence-electron chi connectivity index (χ1n) is 4.30. The third-order valence-electron chi connectivity index (χ3n) is 2.59. The van der Waals surface area contributed by atoms with E-state index in [2.05, 4.69) is 24.1 Å². The van der Waals surface area contributed by atoms with Crippen molar-refractivity contribution in [2.45, 2.75) is 25.4 Å². The quantitative estimate of drug-likeness (QED) is 0.610. The Kier molecular flexibility index (Phi) is 1.54. The van der Waals surface area contributed by atoms with Gasteiger partial charge in [0.05, 0.1) is 0 Å². The second-order valence-corrected chi connectivity index (χ2v) is 3.98. The van der Waals surface area contributed by atoms with Crippen molar-refractivity contribution in [1.29, 1.82) is 0 Å². The maximum absolute atomic E-state index is 10.8. The van der Waals surface area contributed by atoms with E-state index >= 15 is 0 Å². The van der Waals surface area contributed by atoms with E-state index < -0.39 is 0 Å². The molecule has 4 heteroatoms. The second-order valence-electron chi connectivity index (χ2n) is 3.98. The highest BCUT2D eigenvalue weighted by molar-refractivity contribution is 5.71. The molecule has 0 aromatic heterocycles. The minimum absolute atomic E-state index is 0.0542. The highest BCUT2D eigenvalue weighted by atomic mass is 16.6. The summed E-state index contributed by atoms with van der Waals surface area (Å²) in [5.41, 5.74) is -0.0542. The molecule has 0 aromatic carbocycles. The van der Waals surface area contributed by atoms with Crippen LogP contribution in [0, 0.1) is 0 Å². The van der Waals surface area contributed by atoms with E-state index in [4.69, 9.17) is 4.74 Å². The Bertz CT molecular complexity index is 209. The summed E-state index contributed by atoms with van der Waals surface area (Å²) in [6.45, 7) is 6.71. The monoisotopic (exact) mass is 170 g/mol. The molecular weight excluding hydrogens is 156 g/mol. The van der Waals surface area contributed by atoms with Gasteiger partial charge in [-0.2, -0.15) is 0 Å². The number of cyclic esters (lactones) is 1.